The lowest BCUT2D eigenvalue weighted by molar-refractivity contribution is -0.127. The van der Waals surface area contributed by atoms with Crippen LogP contribution in [0.15, 0.2) is 0 Å². The summed E-state index contributed by atoms with van der Waals surface area (Å²) >= 11 is 0. The highest BCUT2D eigenvalue weighted by atomic mass is 32.2. The predicted molar refractivity (Wildman–Crippen MR) is 74.3 cm³/mol. The van der Waals surface area contributed by atoms with E-state index in [2.05, 4.69) is 12.2 Å². The van der Waals surface area contributed by atoms with Crippen LogP contribution in [-0.2, 0) is 14.6 Å². The molecule has 0 spiro atoms. The number of amides is 1. The van der Waals surface area contributed by atoms with E-state index in [0.717, 1.165) is 25.7 Å². The average molecular weight is 288 g/mol. The molecule has 0 bridgehead atoms. The Morgan fingerprint density at radius 2 is 2.00 bits per heavy atom. The molecule has 1 aliphatic heterocycles. The van der Waals surface area contributed by atoms with Crippen molar-refractivity contribution in [1.82, 2.24) is 5.32 Å². The van der Waals surface area contributed by atoms with E-state index in [1.165, 1.54) is 0 Å². The molecule has 1 amide bonds. The van der Waals surface area contributed by atoms with Crippen LogP contribution in [-0.4, -0.2) is 37.9 Å². The Balaban J connectivity index is 1.93. The molecule has 19 heavy (non-hydrogen) atoms. The van der Waals surface area contributed by atoms with E-state index in [1.54, 1.807) is 0 Å². The molecule has 2 fully saturated rings. The summed E-state index contributed by atoms with van der Waals surface area (Å²) in [6.45, 7) is 2.14. The quantitative estimate of drug-likeness (QED) is 0.772. The van der Waals surface area contributed by atoms with Crippen LogP contribution >= 0.6 is 0 Å². The second-order valence-electron chi connectivity index (χ2n) is 6.15. The summed E-state index contributed by atoms with van der Waals surface area (Å²) in [6.07, 6.45) is 4.15. The minimum atomic E-state index is -2.98. The Morgan fingerprint density at radius 1 is 1.26 bits per heavy atom. The maximum absolute atomic E-state index is 12.2. The third-order valence-electron chi connectivity index (χ3n) is 4.31. The molecule has 2 aliphatic rings. The zero-order valence-electron chi connectivity index (χ0n) is 11.5. The Kier molecular flexibility index (Phi) is 4.50. The Hall–Kier alpha value is -0.620. The average Bonchev–Trinajstić information content (AvgIpc) is 2.31. The van der Waals surface area contributed by atoms with Gasteiger partial charge in [0.05, 0.1) is 17.4 Å². The molecule has 5 nitrogen and oxygen atoms in total. The molecule has 6 heteroatoms. The fraction of sp³-hybridized carbons (Fsp3) is 0.923. The molecule has 3 N–H and O–H groups in total. The lowest BCUT2D eigenvalue weighted by atomic mass is 9.78. The lowest BCUT2D eigenvalue weighted by Crippen LogP contribution is -2.50. The van der Waals surface area contributed by atoms with Crippen molar-refractivity contribution >= 4 is 15.7 Å². The topological polar surface area (TPSA) is 89.3 Å². The number of hydrogen-bond acceptors (Lipinski definition) is 4. The van der Waals surface area contributed by atoms with Gasteiger partial charge in [-0.2, -0.15) is 0 Å². The van der Waals surface area contributed by atoms with Crippen molar-refractivity contribution in [3.8, 4) is 0 Å². The third-order valence-corrected chi connectivity index (χ3v) is 6.13. The van der Waals surface area contributed by atoms with Crippen molar-refractivity contribution < 1.29 is 13.2 Å². The summed E-state index contributed by atoms with van der Waals surface area (Å²) < 4.78 is 23.1. The van der Waals surface area contributed by atoms with Gasteiger partial charge in [-0.25, -0.2) is 8.42 Å². The molecular weight excluding hydrogens is 264 g/mol. The molecule has 4 unspecified atom stereocenters. The number of carbonyl (C=O) groups excluding carboxylic acids is 1. The maximum Gasteiger partial charge on any atom is 0.224 e. The smallest absolute Gasteiger partial charge is 0.224 e. The number of nitrogens with two attached hydrogens (primary N) is 1. The molecule has 1 saturated heterocycles. The van der Waals surface area contributed by atoms with Crippen LogP contribution in [0.1, 0.15) is 39.0 Å². The van der Waals surface area contributed by atoms with Gasteiger partial charge < -0.3 is 11.1 Å². The summed E-state index contributed by atoms with van der Waals surface area (Å²) in [7, 11) is -2.98. The standard InChI is InChI=1S/C13H24N2O3S/c1-9-4-5-12(14)11(7-9)13(16)15-10-3-2-6-19(17,18)8-10/h9-12H,2-8,14H2,1H3,(H,15,16). The van der Waals surface area contributed by atoms with Gasteiger partial charge in [0.2, 0.25) is 5.91 Å². The molecular formula is C13H24N2O3S. The van der Waals surface area contributed by atoms with Gasteiger partial charge in [-0.3, -0.25) is 4.79 Å². The molecule has 0 radical (unpaired) electrons. The van der Waals surface area contributed by atoms with Gasteiger partial charge in [0.1, 0.15) is 0 Å². The highest BCUT2D eigenvalue weighted by molar-refractivity contribution is 7.91. The van der Waals surface area contributed by atoms with Crippen LogP contribution in [0.4, 0.5) is 0 Å². The van der Waals surface area contributed by atoms with E-state index in [0.29, 0.717) is 12.3 Å². The van der Waals surface area contributed by atoms with Crippen LogP contribution in [0, 0.1) is 11.8 Å². The monoisotopic (exact) mass is 288 g/mol. The summed E-state index contributed by atoms with van der Waals surface area (Å²) in [5.41, 5.74) is 6.02. The molecule has 1 saturated carbocycles. The van der Waals surface area contributed by atoms with Gasteiger partial charge in [-0.05, 0) is 38.0 Å². The third kappa shape index (κ3) is 3.92. The van der Waals surface area contributed by atoms with Crippen molar-refractivity contribution in [2.24, 2.45) is 17.6 Å². The number of sulfone groups is 1. The second kappa shape index (κ2) is 5.79. The van der Waals surface area contributed by atoms with Crippen molar-refractivity contribution in [2.45, 2.75) is 51.1 Å². The first kappa shape index (κ1) is 14.8. The van der Waals surface area contributed by atoms with Gasteiger partial charge in [0, 0.05) is 12.1 Å². The van der Waals surface area contributed by atoms with E-state index in [1.807, 2.05) is 0 Å². The predicted octanol–water partition coefficient (Wildman–Crippen LogP) is 0.443. The number of rotatable bonds is 2. The highest BCUT2D eigenvalue weighted by Gasteiger charge is 2.34. The summed E-state index contributed by atoms with van der Waals surface area (Å²) in [6, 6.07) is -0.313. The fourth-order valence-electron chi connectivity index (χ4n) is 3.15. The van der Waals surface area contributed by atoms with Crippen LogP contribution in [0.3, 0.4) is 0 Å². The van der Waals surface area contributed by atoms with E-state index >= 15 is 0 Å². The molecule has 2 rings (SSSR count). The molecule has 110 valence electrons. The van der Waals surface area contributed by atoms with Gasteiger partial charge in [0.25, 0.3) is 0 Å². The van der Waals surface area contributed by atoms with E-state index < -0.39 is 9.84 Å². The summed E-state index contributed by atoms with van der Waals surface area (Å²) in [5.74, 6) is 0.635. The number of carbonyl (C=O) groups is 1. The Labute approximate surface area is 115 Å². The molecule has 0 aromatic heterocycles. The van der Waals surface area contributed by atoms with Crippen molar-refractivity contribution in [3.05, 3.63) is 0 Å². The largest absolute Gasteiger partial charge is 0.352 e. The maximum atomic E-state index is 12.2. The van der Waals surface area contributed by atoms with Gasteiger partial charge in [0.15, 0.2) is 9.84 Å². The minimum Gasteiger partial charge on any atom is -0.352 e. The zero-order valence-corrected chi connectivity index (χ0v) is 12.3. The first-order chi connectivity index (χ1) is 8.87. The van der Waals surface area contributed by atoms with Crippen molar-refractivity contribution in [2.75, 3.05) is 11.5 Å². The second-order valence-corrected chi connectivity index (χ2v) is 8.38. The van der Waals surface area contributed by atoms with Gasteiger partial charge >= 0.3 is 0 Å². The van der Waals surface area contributed by atoms with E-state index in [4.69, 9.17) is 5.73 Å². The van der Waals surface area contributed by atoms with Crippen molar-refractivity contribution in [3.63, 3.8) is 0 Å². The van der Waals surface area contributed by atoms with Crippen molar-refractivity contribution in [1.29, 1.82) is 0 Å². The first-order valence-electron chi connectivity index (χ1n) is 7.14. The summed E-state index contributed by atoms with van der Waals surface area (Å²) in [4.78, 5) is 12.2. The molecule has 1 aliphatic carbocycles. The normalized spacial score (nSPS) is 38.6. The Bertz CT molecular complexity index is 435. The molecule has 0 aromatic rings. The summed E-state index contributed by atoms with van der Waals surface area (Å²) in [5, 5.41) is 2.90. The van der Waals surface area contributed by atoms with Crippen LogP contribution < -0.4 is 11.1 Å². The Morgan fingerprint density at radius 3 is 2.68 bits per heavy atom. The molecule has 0 aromatic carbocycles. The van der Waals surface area contributed by atoms with Crippen LogP contribution in [0.25, 0.3) is 0 Å². The molecule has 4 atom stereocenters. The van der Waals surface area contributed by atoms with Crippen LogP contribution in [0.5, 0.6) is 0 Å². The number of hydrogen-bond donors (Lipinski definition) is 2. The SMILES string of the molecule is CC1CCC(N)C(C(=O)NC2CCCS(=O)(=O)C2)C1. The highest BCUT2D eigenvalue weighted by Crippen LogP contribution is 2.28. The van der Waals surface area contributed by atoms with E-state index in [9.17, 15) is 13.2 Å². The fourth-order valence-corrected chi connectivity index (χ4v) is 4.79. The molecule has 1 heterocycles. The van der Waals surface area contributed by atoms with Gasteiger partial charge in [-0.15, -0.1) is 0 Å². The minimum absolute atomic E-state index is 0.0545. The first-order valence-corrected chi connectivity index (χ1v) is 8.96. The lowest BCUT2D eigenvalue weighted by Gasteiger charge is -2.33. The van der Waals surface area contributed by atoms with Crippen LogP contribution in [0.2, 0.25) is 0 Å². The van der Waals surface area contributed by atoms with E-state index in [-0.39, 0.29) is 35.4 Å². The number of nitrogens with one attached hydrogen (secondary N) is 1. The van der Waals surface area contributed by atoms with Gasteiger partial charge in [-0.1, -0.05) is 6.92 Å². The zero-order chi connectivity index (χ0) is 14.0.